The number of halogens is 1. The monoisotopic (exact) mass is 383 g/mol. The number of rotatable bonds is 6. The van der Waals surface area contributed by atoms with Crippen molar-refractivity contribution in [3.63, 3.8) is 0 Å². The zero-order valence-electron chi connectivity index (χ0n) is 13.4. The van der Waals surface area contributed by atoms with Gasteiger partial charge in [-0.05, 0) is 30.7 Å². The second-order valence-electron chi connectivity index (χ2n) is 5.28. The van der Waals surface area contributed by atoms with Crippen molar-refractivity contribution in [1.82, 2.24) is 15.2 Å². The molecule has 0 radical (unpaired) electrons. The van der Waals surface area contributed by atoms with E-state index < -0.39 is 0 Å². The molecule has 122 valence electrons. The molecule has 0 amide bonds. The Morgan fingerprint density at radius 2 is 1.92 bits per heavy atom. The Kier molecular flexibility index (Phi) is 5.38. The molecule has 1 heterocycles. The van der Waals surface area contributed by atoms with Crippen LogP contribution in [-0.4, -0.2) is 21.7 Å². The van der Waals surface area contributed by atoms with Crippen molar-refractivity contribution in [3.05, 3.63) is 70.8 Å². The molecule has 1 aromatic heterocycles. The molecule has 3 aromatic rings. The van der Waals surface area contributed by atoms with Crippen LogP contribution < -0.4 is 10.2 Å². The lowest BCUT2D eigenvalue weighted by atomic mass is 10.2. The van der Waals surface area contributed by atoms with Gasteiger partial charge in [-0.3, -0.25) is 0 Å². The van der Waals surface area contributed by atoms with E-state index >= 15 is 0 Å². The fourth-order valence-electron chi connectivity index (χ4n) is 2.33. The Hall–Kier alpha value is -2.47. The molecule has 1 N–H and O–H groups in total. The van der Waals surface area contributed by atoms with E-state index in [2.05, 4.69) is 60.4 Å². The van der Waals surface area contributed by atoms with Crippen LogP contribution in [0, 0.1) is 0 Å². The van der Waals surface area contributed by atoms with Crippen molar-refractivity contribution in [2.24, 2.45) is 0 Å². The first-order chi connectivity index (χ1) is 11.7. The Morgan fingerprint density at radius 3 is 2.67 bits per heavy atom. The van der Waals surface area contributed by atoms with Crippen molar-refractivity contribution >= 4 is 33.4 Å². The highest BCUT2D eigenvalue weighted by molar-refractivity contribution is 9.10. The largest absolute Gasteiger partial charge is 0.339 e. The van der Waals surface area contributed by atoms with Crippen LogP contribution in [0.15, 0.2) is 65.3 Å². The molecule has 6 heteroatoms. The third-order valence-corrected chi connectivity index (χ3v) is 4.02. The molecule has 0 aliphatic heterocycles. The highest BCUT2D eigenvalue weighted by Crippen LogP contribution is 2.20. The SMILES string of the molecule is CCN(Cc1ccccc1)c1nncc(Nc2cccc(Br)c2)n1. The van der Waals surface area contributed by atoms with Gasteiger partial charge in [0.2, 0.25) is 5.95 Å². The molecule has 0 unspecified atom stereocenters. The van der Waals surface area contributed by atoms with Crippen LogP contribution >= 0.6 is 15.9 Å². The van der Waals surface area contributed by atoms with Crippen molar-refractivity contribution in [2.45, 2.75) is 13.5 Å². The van der Waals surface area contributed by atoms with Gasteiger partial charge in [0.25, 0.3) is 0 Å². The third kappa shape index (κ3) is 4.29. The lowest BCUT2D eigenvalue weighted by Crippen LogP contribution is -2.24. The van der Waals surface area contributed by atoms with Gasteiger partial charge in [-0.15, -0.1) is 5.10 Å². The third-order valence-electron chi connectivity index (χ3n) is 3.53. The maximum atomic E-state index is 4.59. The summed E-state index contributed by atoms with van der Waals surface area (Å²) in [5, 5.41) is 11.5. The predicted molar refractivity (Wildman–Crippen MR) is 100 cm³/mol. The summed E-state index contributed by atoms with van der Waals surface area (Å²) in [7, 11) is 0. The van der Waals surface area contributed by atoms with Crippen molar-refractivity contribution in [1.29, 1.82) is 0 Å². The molecule has 0 aliphatic carbocycles. The molecule has 0 saturated carbocycles. The van der Waals surface area contributed by atoms with E-state index in [4.69, 9.17) is 0 Å². The lowest BCUT2D eigenvalue weighted by Gasteiger charge is -2.20. The van der Waals surface area contributed by atoms with Gasteiger partial charge in [-0.1, -0.05) is 52.3 Å². The summed E-state index contributed by atoms with van der Waals surface area (Å²) in [6, 6.07) is 18.2. The predicted octanol–water partition coefficient (Wildman–Crippen LogP) is 4.40. The molecule has 0 spiro atoms. The molecule has 24 heavy (non-hydrogen) atoms. The van der Waals surface area contributed by atoms with Crippen molar-refractivity contribution in [2.75, 3.05) is 16.8 Å². The van der Waals surface area contributed by atoms with Gasteiger partial charge in [0.15, 0.2) is 5.82 Å². The molecule has 5 nitrogen and oxygen atoms in total. The summed E-state index contributed by atoms with van der Waals surface area (Å²) in [5.74, 6) is 1.28. The zero-order chi connectivity index (χ0) is 16.8. The van der Waals surface area contributed by atoms with Gasteiger partial charge < -0.3 is 10.2 Å². The second kappa shape index (κ2) is 7.88. The first-order valence-electron chi connectivity index (χ1n) is 7.76. The van der Waals surface area contributed by atoms with Gasteiger partial charge in [-0.2, -0.15) is 10.1 Å². The van der Waals surface area contributed by atoms with E-state index in [1.54, 1.807) is 6.20 Å². The van der Waals surface area contributed by atoms with Crippen molar-refractivity contribution < 1.29 is 0 Å². The summed E-state index contributed by atoms with van der Waals surface area (Å²) in [4.78, 5) is 6.68. The minimum atomic E-state index is 0.612. The number of anilines is 3. The molecule has 0 aliphatic rings. The van der Waals surface area contributed by atoms with E-state index in [1.807, 2.05) is 42.5 Å². The van der Waals surface area contributed by atoms with Gasteiger partial charge >= 0.3 is 0 Å². The number of hydrogen-bond donors (Lipinski definition) is 1. The topological polar surface area (TPSA) is 53.9 Å². The maximum absolute atomic E-state index is 4.59. The standard InChI is InChI=1S/C18H18BrN5/c1-2-24(13-14-7-4-3-5-8-14)18-22-17(12-20-23-18)21-16-10-6-9-15(19)11-16/h3-12H,2,13H2,1H3,(H,21,22,23). The van der Waals surface area contributed by atoms with Gasteiger partial charge in [0, 0.05) is 23.2 Å². The minimum absolute atomic E-state index is 0.612. The van der Waals surface area contributed by atoms with E-state index in [-0.39, 0.29) is 0 Å². The molecule has 0 fully saturated rings. The van der Waals surface area contributed by atoms with Crippen LogP contribution in [-0.2, 0) is 6.54 Å². The Balaban J connectivity index is 1.78. The number of aromatic nitrogens is 3. The lowest BCUT2D eigenvalue weighted by molar-refractivity contribution is 0.771. The van der Waals surface area contributed by atoms with E-state index in [1.165, 1.54) is 5.56 Å². The second-order valence-corrected chi connectivity index (χ2v) is 6.19. The molecule has 2 aromatic carbocycles. The minimum Gasteiger partial charge on any atom is -0.339 e. The molecular formula is C18H18BrN5. The number of hydrogen-bond acceptors (Lipinski definition) is 5. The normalized spacial score (nSPS) is 10.4. The smallest absolute Gasteiger partial charge is 0.247 e. The van der Waals surface area contributed by atoms with Crippen LogP contribution in [0.5, 0.6) is 0 Å². The van der Waals surface area contributed by atoms with Crippen molar-refractivity contribution in [3.8, 4) is 0 Å². The summed E-state index contributed by atoms with van der Waals surface area (Å²) < 4.78 is 1.01. The van der Waals surface area contributed by atoms with Crippen LogP contribution in [0.4, 0.5) is 17.5 Å². The van der Waals surface area contributed by atoms with Crippen LogP contribution in [0.3, 0.4) is 0 Å². The molecule has 0 saturated heterocycles. The molecule has 0 atom stereocenters. The Bertz CT molecular complexity index is 794. The van der Waals surface area contributed by atoms with Gasteiger partial charge in [0.1, 0.15) is 0 Å². The van der Waals surface area contributed by atoms with Gasteiger partial charge in [-0.25, -0.2) is 0 Å². The fraction of sp³-hybridized carbons (Fsp3) is 0.167. The van der Waals surface area contributed by atoms with E-state index in [0.717, 1.165) is 23.2 Å². The van der Waals surface area contributed by atoms with Crippen LogP contribution in [0.25, 0.3) is 0 Å². The zero-order valence-corrected chi connectivity index (χ0v) is 14.9. The Labute approximate surface area is 149 Å². The fourth-order valence-corrected chi connectivity index (χ4v) is 2.73. The summed E-state index contributed by atoms with van der Waals surface area (Å²) >= 11 is 3.46. The summed E-state index contributed by atoms with van der Waals surface area (Å²) in [6.07, 6.45) is 1.63. The van der Waals surface area contributed by atoms with Gasteiger partial charge in [0.05, 0.1) is 6.20 Å². The Morgan fingerprint density at radius 1 is 1.08 bits per heavy atom. The average molecular weight is 384 g/mol. The number of nitrogens with zero attached hydrogens (tertiary/aromatic N) is 4. The first kappa shape index (κ1) is 16.4. The molecule has 3 rings (SSSR count). The summed E-state index contributed by atoms with van der Waals surface area (Å²) in [6.45, 7) is 3.64. The number of benzene rings is 2. The average Bonchev–Trinajstić information content (AvgIpc) is 2.61. The quantitative estimate of drug-likeness (QED) is 0.683. The van der Waals surface area contributed by atoms with E-state index in [0.29, 0.717) is 11.8 Å². The first-order valence-corrected chi connectivity index (χ1v) is 8.55. The highest BCUT2D eigenvalue weighted by atomic mass is 79.9. The molecule has 0 bridgehead atoms. The van der Waals surface area contributed by atoms with E-state index in [9.17, 15) is 0 Å². The maximum Gasteiger partial charge on any atom is 0.247 e. The van der Waals surface area contributed by atoms with Crippen LogP contribution in [0.2, 0.25) is 0 Å². The number of nitrogens with one attached hydrogen (secondary N) is 1. The molecular weight excluding hydrogens is 366 g/mol. The summed E-state index contributed by atoms with van der Waals surface area (Å²) in [5.41, 5.74) is 2.16. The van der Waals surface area contributed by atoms with Crippen LogP contribution in [0.1, 0.15) is 12.5 Å². The highest BCUT2D eigenvalue weighted by Gasteiger charge is 2.10.